The van der Waals surface area contributed by atoms with E-state index >= 15 is 0 Å². The number of rotatable bonds is 16. The average Bonchev–Trinajstić information content (AvgIpc) is 3.79. The highest BCUT2D eigenvalue weighted by molar-refractivity contribution is 5.96. The molecular weight excluding hydrogens is 646 g/mol. The number of carbonyl (C=O) groups excluding carboxylic acids is 5. The zero-order valence-corrected chi connectivity index (χ0v) is 28.9. The Morgan fingerprint density at radius 3 is 2.46 bits per heavy atom. The summed E-state index contributed by atoms with van der Waals surface area (Å²) < 4.78 is 17.9. The van der Waals surface area contributed by atoms with Gasteiger partial charge in [0.15, 0.2) is 12.3 Å². The standard InChI is InChI=1S/C35H49N7O8/c1-24(48-2)15-21-49-32(44)14-13-27(35(47)40-19-16-36-17-20-40)38-33(45)28-22-31(42(39-28)26-10-4-3-5-11-26)50-23-30(43)41-18-7-12-29(41)34(46)37-25-8-6-9-25/h3-5,10-11,22,24-25,27,29,36H,6-9,12-21,23H2,1-2H3,(H,37,46)(H,38,45)/t24-,27?,29-/m0/s1. The van der Waals surface area contributed by atoms with Crippen molar-refractivity contribution in [3.05, 3.63) is 42.1 Å². The van der Waals surface area contributed by atoms with E-state index in [0.29, 0.717) is 51.3 Å². The van der Waals surface area contributed by atoms with Crippen LogP contribution >= 0.6 is 0 Å². The lowest BCUT2D eigenvalue weighted by Gasteiger charge is -2.31. The summed E-state index contributed by atoms with van der Waals surface area (Å²) in [6.45, 7) is 4.34. The van der Waals surface area contributed by atoms with Crippen LogP contribution in [0.4, 0.5) is 0 Å². The molecule has 3 N–H and O–H groups in total. The minimum Gasteiger partial charge on any atom is -0.467 e. The van der Waals surface area contributed by atoms with Gasteiger partial charge in [0.25, 0.3) is 11.8 Å². The maximum Gasteiger partial charge on any atom is 0.305 e. The molecule has 15 nitrogen and oxygen atoms in total. The van der Waals surface area contributed by atoms with Crippen LogP contribution in [-0.2, 0) is 28.7 Å². The monoisotopic (exact) mass is 695 g/mol. The second-order valence-electron chi connectivity index (χ2n) is 13.0. The number of hydrogen-bond acceptors (Lipinski definition) is 10. The molecule has 3 aliphatic rings. The number of esters is 1. The molecule has 2 aromatic rings. The fourth-order valence-electron chi connectivity index (χ4n) is 6.12. The molecule has 4 amide bonds. The van der Waals surface area contributed by atoms with Gasteiger partial charge in [0, 0.05) is 64.8 Å². The van der Waals surface area contributed by atoms with E-state index in [0.717, 1.165) is 25.7 Å². The van der Waals surface area contributed by atoms with Crippen LogP contribution in [0.25, 0.3) is 5.69 Å². The lowest BCUT2D eigenvalue weighted by atomic mass is 9.93. The largest absolute Gasteiger partial charge is 0.467 e. The normalized spacial score (nSPS) is 18.9. The van der Waals surface area contributed by atoms with Crippen molar-refractivity contribution in [2.24, 2.45) is 0 Å². The summed E-state index contributed by atoms with van der Waals surface area (Å²) in [7, 11) is 1.58. The van der Waals surface area contributed by atoms with Crippen molar-refractivity contribution in [3.8, 4) is 11.6 Å². The van der Waals surface area contributed by atoms with Crippen molar-refractivity contribution in [2.45, 2.75) is 82.5 Å². The molecule has 3 heterocycles. The van der Waals surface area contributed by atoms with Crippen molar-refractivity contribution >= 4 is 29.6 Å². The number of carbonyl (C=O) groups is 5. The van der Waals surface area contributed by atoms with Gasteiger partial charge in [-0.2, -0.15) is 5.10 Å². The highest BCUT2D eigenvalue weighted by atomic mass is 16.5. The first-order valence-corrected chi connectivity index (χ1v) is 17.6. The van der Waals surface area contributed by atoms with Crippen LogP contribution in [0.3, 0.4) is 0 Å². The molecule has 3 atom stereocenters. The molecule has 1 aromatic carbocycles. The van der Waals surface area contributed by atoms with E-state index in [-0.39, 0.29) is 67.5 Å². The summed E-state index contributed by atoms with van der Waals surface area (Å²) in [5.41, 5.74) is 0.552. The fourth-order valence-corrected chi connectivity index (χ4v) is 6.12. The molecule has 0 bridgehead atoms. The van der Waals surface area contributed by atoms with E-state index in [4.69, 9.17) is 14.2 Å². The molecule has 50 heavy (non-hydrogen) atoms. The van der Waals surface area contributed by atoms with Crippen LogP contribution in [0.1, 0.15) is 68.8 Å². The van der Waals surface area contributed by atoms with Gasteiger partial charge in [-0.05, 0) is 57.6 Å². The van der Waals surface area contributed by atoms with Crippen LogP contribution in [0.5, 0.6) is 5.88 Å². The molecule has 1 aliphatic carbocycles. The van der Waals surface area contributed by atoms with Gasteiger partial charge < -0.3 is 40.0 Å². The number of para-hydroxylation sites is 1. The smallest absolute Gasteiger partial charge is 0.305 e. The number of ether oxygens (including phenoxy) is 3. The third-order valence-corrected chi connectivity index (χ3v) is 9.44. The predicted octanol–water partition coefficient (Wildman–Crippen LogP) is 1.19. The number of benzene rings is 1. The molecule has 1 unspecified atom stereocenters. The van der Waals surface area contributed by atoms with Gasteiger partial charge in [0.2, 0.25) is 17.7 Å². The van der Waals surface area contributed by atoms with Crippen LogP contribution in [0, 0.1) is 0 Å². The highest BCUT2D eigenvalue weighted by Gasteiger charge is 2.36. The lowest BCUT2D eigenvalue weighted by molar-refractivity contribution is -0.145. The molecule has 1 aromatic heterocycles. The maximum atomic E-state index is 13.7. The second-order valence-corrected chi connectivity index (χ2v) is 13.0. The summed E-state index contributed by atoms with van der Waals surface area (Å²) in [5, 5.41) is 13.5. The number of aromatic nitrogens is 2. The Morgan fingerprint density at radius 2 is 1.76 bits per heavy atom. The molecule has 5 rings (SSSR count). The van der Waals surface area contributed by atoms with Crippen molar-refractivity contribution < 1.29 is 38.2 Å². The number of nitrogens with zero attached hydrogens (tertiary/aromatic N) is 4. The van der Waals surface area contributed by atoms with Crippen molar-refractivity contribution in [1.82, 2.24) is 35.5 Å². The Hall–Kier alpha value is -4.50. The number of hydrogen-bond donors (Lipinski definition) is 3. The maximum absolute atomic E-state index is 13.7. The van der Waals surface area contributed by atoms with Crippen molar-refractivity contribution in [1.29, 1.82) is 0 Å². The van der Waals surface area contributed by atoms with E-state index in [9.17, 15) is 24.0 Å². The zero-order valence-electron chi connectivity index (χ0n) is 28.9. The van der Waals surface area contributed by atoms with Crippen molar-refractivity contribution in [3.63, 3.8) is 0 Å². The summed E-state index contributed by atoms with van der Waals surface area (Å²) in [5.74, 6) is -1.75. The van der Waals surface area contributed by atoms with E-state index in [1.165, 1.54) is 10.7 Å². The van der Waals surface area contributed by atoms with E-state index < -0.39 is 24.0 Å². The number of methoxy groups -OCH3 is 1. The lowest BCUT2D eigenvalue weighted by Crippen LogP contribution is -2.54. The Labute approximate surface area is 292 Å². The van der Waals surface area contributed by atoms with Gasteiger partial charge in [-0.3, -0.25) is 24.0 Å². The highest BCUT2D eigenvalue weighted by Crippen LogP contribution is 2.24. The zero-order chi connectivity index (χ0) is 35.5. The van der Waals surface area contributed by atoms with Gasteiger partial charge in [0.1, 0.15) is 12.1 Å². The number of amides is 4. The summed E-state index contributed by atoms with van der Waals surface area (Å²) in [6.07, 6.45) is 4.77. The Morgan fingerprint density at radius 1 is 1.00 bits per heavy atom. The van der Waals surface area contributed by atoms with Gasteiger partial charge in [0.05, 0.1) is 18.4 Å². The third kappa shape index (κ3) is 9.81. The molecular formula is C35H49N7O8. The van der Waals surface area contributed by atoms with Gasteiger partial charge in [-0.25, -0.2) is 4.68 Å². The van der Waals surface area contributed by atoms with E-state index in [2.05, 4.69) is 21.0 Å². The van der Waals surface area contributed by atoms with Gasteiger partial charge in [-0.1, -0.05) is 18.2 Å². The Bertz CT molecular complexity index is 1470. The molecule has 1 saturated carbocycles. The summed E-state index contributed by atoms with van der Waals surface area (Å²) in [4.78, 5) is 69.2. The molecule has 2 saturated heterocycles. The molecule has 15 heteroatoms. The number of likely N-dealkylation sites (tertiary alicyclic amines) is 1. The number of nitrogens with one attached hydrogen (secondary N) is 3. The topological polar surface area (TPSA) is 173 Å². The number of piperazine rings is 1. The minimum absolute atomic E-state index is 0.0374. The van der Waals surface area contributed by atoms with Gasteiger partial charge >= 0.3 is 5.97 Å². The van der Waals surface area contributed by atoms with Gasteiger partial charge in [-0.15, -0.1) is 0 Å². The first-order chi connectivity index (χ1) is 24.2. The fraction of sp³-hybridized carbons (Fsp3) is 0.600. The summed E-state index contributed by atoms with van der Waals surface area (Å²) >= 11 is 0. The van der Waals surface area contributed by atoms with Crippen LogP contribution in [-0.4, -0.2) is 126 Å². The molecule has 2 aliphatic heterocycles. The molecule has 3 fully saturated rings. The molecule has 0 spiro atoms. The van der Waals surface area contributed by atoms with Crippen molar-refractivity contribution in [2.75, 3.05) is 53.0 Å². The predicted molar refractivity (Wildman–Crippen MR) is 182 cm³/mol. The Kier molecular flexibility index (Phi) is 13.2. The van der Waals surface area contributed by atoms with Crippen LogP contribution < -0.4 is 20.7 Å². The van der Waals surface area contributed by atoms with Crippen LogP contribution in [0.2, 0.25) is 0 Å². The second kappa shape index (κ2) is 17.9. The van der Waals surface area contributed by atoms with E-state index in [1.54, 1.807) is 41.2 Å². The average molecular weight is 696 g/mol. The minimum atomic E-state index is -1.00. The Balaban J connectivity index is 1.27. The first kappa shape index (κ1) is 36.8. The summed E-state index contributed by atoms with van der Waals surface area (Å²) in [6, 6.07) is 9.05. The molecule has 272 valence electrons. The van der Waals surface area contributed by atoms with E-state index in [1.807, 2.05) is 13.0 Å². The third-order valence-electron chi connectivity index (χ3n) is 9.44. The quantitative estimate of drug-likeness (QED) is 0.217. The SMILES string of the molecule is CO[C@@H](C)CCOC(=O)CCC(NC(=O)c1cc(OCC(=O)N2CCC[C@H]2C(=O)NC2CCC2)n(-c2ccccc2)n1)C(=O)N1CCNCC1. The molecule has 0 radical (unpaired) electrons. The van der Waals surface area contributed by atoms with Crippen LogP contribution in [0.15, 0.2) is 36.4 Å². The first-order valence-electron chi connectivity index (χ1n) is 17.6.